The molecule has 28 heavy (non-hydrogen) atoms. The van der Waals surface area contributed by atoms with E-state index in [1.807, 2.05) is 4.98 Å². The number of nitrogens with one attached hydrogen (secondary N) is 1. The number of carbonyl (C=O) groups excluding carboxylic acids is 2. The number of hydrogen-bond acceptors (Lipinski definition) is 7. The van der Waals surface area contributed by atoms with Crippen molar-refractivity contribution in [3.63, 3.8) is 0 Å². The molecule has 1 aliphatic heterocycles. The van der Waals surface area contributed by atoms with Crippen molar-refractivity contribution in [3.05, 3.63) is 33.1 Å². The Balaban J connectivity index is 2.36. The molecule has 2 rings (SSSR count). The van der Waals surface area contributed by atoms with Gasteiger partial charge in [0.25, 0.3) is 5.56 Å². The second-order valence-electron chi connectivity index (χ2n) is 7.49. The predicted octanol–water partition coefficient (Wildman–Crippen LogP) is 0.929. The summed E-state index contributed by atoms with van der Waals surface area (Å²) in [6.07, 6.45) is -2.96. The summed E-state index contributed by atoms with van der Waals surface area (Å²) in [4.78, 5) is 49.2. The summed E-state index contributed by atoms with van der Waals surface area (Å²) in [7, 11) is 0. The number of esters is 2. The summed E-state index contributed by atoms with van der Waals surface area (Å²) in [6, 6.07) is 1.04. The first-order valence-corrected chi connectivity index (χ1v) is 8.98. The predicted molar refractivity (Wildman–Crippen MR) is 95.3 cm³/mol. The second kappa shape index (κ2) is 8.26. The van der Waals surface area contributed by atoms with Crippen LogP contribution in [0.4, 0.5) is 4.39 Å². The average Bonchev–Trinajstić information content (AvgIpc) is 2.83. The topological polar surface area (TPSA) is 117 Å². The van der Waals surface area contributed by atoms with Crippen LogP contribution in [-0.4, -0.2) is 46.0 Å². The van der Waals surface area contributed by atoms with Crippen LogP contribution in [0.3, 0.4) is 0 Å². The van der Waals surface area contributed by atoms with E-state index in [9.17, 15) is 19.2 Å². The van der Waals surface area contributed by atoms with E-state index < -0.39 is 59.1 Å². The highest BCUT2D eigenvalue weighted by molar-refractivity contribution is 5.72. The van der Waals surface area contributed by atoms with Gasteiger partial charge in [0.05, 0.1) is 11.8 Å². The van der Waals surface area contributed by atoms with E-state index in [1.54, 1.807) is 27.7 Å². The first-order valence-electron chi connectivity index (χ1n) is 8.98. The standard InChI is InChI=1S/C18H25FN2O7/c1-9(2)14(23)26-8-11-13(28-15(24)10(3)4)18(5,19)16(27-11)21-7-6-12(22)20-17(21)25/h6-7,9-11,13,16H,8H2,1-5H3,(H,20,22,25). The molecule has 1 aromatic heterocycles. The van der Waals surface area contributed by atoms with E-state index in [0.717, 1.165) is 23.8 Å². The van der Waals surface area contributed by atoms with Crippen molar-refractivity contribution in [2.75, 3.05) is 6.61 Å². The molecule has 4 unspecified atom stereocenters. The van der Waals surface area contributed by atoms with Crippen molar-refractivity contribution >= 4 is 11.9 Å². The lowest BCUT2D eigenvalue weighted by Gasteiger charge is -2.28. The molecule has 156 valence electrons. The third kappa shape index (κ3) is 4.49. The number of rotatable bonds is 6. The lowest BCUT2D eigenvalue weighted by atomic mass is 9.98. The van der Waals surface area contributed by atoms with Crippen molar-refractivity contribution in [1.29, 1.82) is 0 Å². The molecular formula is C18H25FN2O7. The van der Waals surface area contributed by atoms with Crippen molar-refractivity contribution in [1.82, 2.24) is 9.55 Å². The van der Waals surface area contributed by atoms with E-state index in [2.05, 4.69) is 0 Å². The SMILES string of the molecule is CC(C)C(=O)OCC1OC(n2ccc(=O)[nH]c2=O)C(C)(F)C1OC(=O)C(C)C. The summed E-state index contributed by atoms with van der Waals surface area (Å²) >= 11 is 0. The summed E-state index contributed by atoms with van der Waals surface area (Å²) < 4.78 is 32.6. The van der Waals surface area contributed by atoms with Crippen LogP contribution in [0, 0.1) is 11.8 Å². The molecule has 9 nitrogen and oxygen atoms in total. The van der Waals surface area contributed by atoms with Gasteiger partial charge in [-0.1, -0.05) is 27.7 Å². The van der Waals surface area contributed by atoms with Gasteiger partial charge in [-0.2, -0.15) is 0 Å². The van der Waals surface area contributed by atoms with Gasteiger partial charge in [-0.25, -0.2) is 9.18 Å². The van der Waals surface area contributed by atoms with E-state index in [1.165, 1.54) is 0 Å². The Morgan fingerprint density at radius 1 is 1.25 bits per heavy atom. The smallest absolute Gasteiger partial charge is 0.330 e. The van der Waals surface area contributed by atoms with Gasteiger partial charge in [0.1, 0.15) is 12.7 Å². The van der Waals surface area contributed by atoms with Crippen LogP contribution in [0.5, 0.6) is 0 Å². The molecule has 0 aliphatic carbocycles. The van der Waals surface area contributed by atoms with Gasteiger partial charge in [-0.15, -0.1) is 0 Å². The summed E-state index contributed by atoms with van der Waals surface area (Å²) in [5, 5.41) is 0. The number of halogens is 1. The van der Waals surface area contributed by atoms with Crippen LogP contribution in [-0.2, 0) is 23.8 Å². The monoisotopic (exact) mass is 400 g/mol. The van der Waals surface area contributed by atoms with Gasteiger partial charge in [0.2, 0.25) is 0 Å². The molecule has 4 atom stereocenters. The molecule has 1 aromatic rings. The molecule has 0 amide bonds. The van der Waals surface area contributed by atoms with Gasteiger partial charge < -0.3 is 14.2 Å². The number of hydrogen-bond donors (Lipinski definition) is 1. The summed E-state index contributed by atoms with van der Waals surface area (Å²) in [6.45, 7) is 7.21. The Morgan fingerprint density at radius 3 is 2.39 bits per heavy atom. The molecule has 0 bridgehead atoms. The van der Waals surface area contributed by atoms with Crippen LogP contribution < -0.4 is 11.2 Å². The zero-order valence-electron chi connectivity index (χ0n) is 16.4. The van der Waals surface area contributed by atoms with Crippen LogP contribution in [0.2, 0.25) is 0 Å². The molecule has 1 saturated heterocycles. The lowest BCUT2D eigenvalue weighted by Crippen LogP contribution is -2.46. The highest BCUT2D eigenvalue weighted by Crippen LogP contribution is 2.42. The van der Waals surface area contributed by atoms with Crippen molar-refractivity contribution in [2.24, 2.45) is 11.8 Å². The Labute approximate surface area is 160 Å². The fraction of sp³-hybridized carbons (Fsp3) is 0.667. The highest BCUT2D eigenvalue weighted by Gasteiger charge is 2.58. The zero-order chi connectivity index (χ0) is 21.2. The molecule has 1 aliphatic rings. The van der Waals surface area contributed by atoms with Gasteiger partial charge >= 0.3 is 17.6 Å². The number of H-pyrrole nitrogens is 1. The maximum atomic E-state index is 15.7. The Kier molecular flexibility index (Phi) is 6.43. The molecule has 0 saturated carbocycles. The fourth-order valence-corrected chi connectivity index (χ4v) is 2.73. The van der Waals surface area contributed by atoms with E-state index in [-0.39, 0.29) is 6.61 Å². The molecule has 10 heteroatoms. The average molecular weight is 400 g/mol. The van der Waals surface area contributed by atoms with Crippen molar-refractivity contribution < 1.29 is 28.2 Å². The first-order chi connectivity index (χ1) is 12.9. The normalized spacial score (nSPS) is 27.2. The minimum atomic E-state index is -2.33. The molecule has 1 N–H and O–H groups in total. The minimum Gasteiger partial charge on any atom is -0.463 e. The highest BCUT2D eigenvalue weighted by atomic mass is 19.1. The van der Waals surface area contributed by atoms with Gasteiger partial charge in [0, 0.05) is 12.3 Å². The Hall–Kier alpha value is -2.49. The Morgan fingerprint density at radius 2 is 1.86 bits per heavy atom. The molecule has 0 radical (unpaired) electrons. The first kappa shape index (κ1) is 21.8. The lowest BCUT2D eigenvalue weighted by molar-refractivity contribution is -0.165. The number of alkyl halides is 1. The van der Waals surface area contributed by atoms with Gasteiger partial charge in [-0.05, 0) is 6.92 Å². The molecule has 0 spiro atoms. The van der Waals surface area contributed by atoms with Gasteiger partial charge in [-0.3, -0.25) is 23.9 Å². The summed E-state index contributed by atoms with van der Waals surface area (Å²) in [5.41, 5.74) is -3.86. The van der Waals surface area contributed by atoms with Crippen LogP contribution in [0.25, 0.3) is 0 Å². The number of ether oxygens (including phenoxy) is 3. The number of aromatic amines is 1. The molecular weight excluding hydrogens is 375 g/mol. The largest absolute Gasteiger partial charge is 0.463 e. The minimum absolute atomic E-state index is 0.360. The maximum absolute atomic E-state index is 15.7. The summed E-state index contributed by atoms with van der Waals surface area (Å²) in [5.74, 6) is -2.12. The quantitative estimate of drug-likeness (QED) is 0.706. The van der Waals surface area contributed by atoms with E-state index in [4.69, 9.17) is 14.2 Å². The number of nitrogens with zero attached hydrogens (tertiary/aromatic N) is 1. The zero-order valence-corrected chi connectivity index (χ0v) is 16.4. The second-order valence-corrected chi connectivity index (χ2v) is 7.49. The third-order valence-corrected chi connectivity index (χ3v) is 4.36. The van der Waals surface area contributed by atoms with E-state index >= 15 is 4.39 Å². The van der Waals surface area contributed by atoms with Crippen LogP contribution in [0.1, 0.15) is 40.8 Å². The molecule has 0 aromatic carbocycles. The fourth-order valence-electron chi connectivity index (χ4n) is 2.73. The van der Waals surface area contributed by atoms with Crippen molar-refractivity contribution in [2.45, 2.75) is 58.7 Å². The van der Waals surface area contributed by atoms with Crippen molar-refractivity contribution in [3.8, 4) is 0 Å². The number of aromatic nitrogens is 2. The molecule has 2 heterocycles. The molecule has 1 fully saturated rings. The number of carbonyl (C=O) groups is 2. The van der Waals surface area contributed by atoms with E-state index in [0.29, 0.717) is 0 Å². The Bertz CT molecular complexity index is 843. The third-order valence-electron chi connectivity index (χ3n) is 4.36. The van der Waals surface area contributed by atoms with Crippen LogP contribution in [0.15, 0.2) is 21.9 Å². The van der Waals surface area contributed by atoms with Gasteiger partial charge in [0.15, 0.2) is 18.0 Å². The maximum Gasteiger partial charge on any atom is 0.330 e. The van der Waals surface area contributed by atoms with Crippen LogP contribution >= 0.6 is 0 Å².